The summed E-state index contributed by atoms with van der Waals surface area (Å²) >= 11 is 0. The van der Waals surface area contributed by atoms with E-state index in [-0.39, 0.29) is 12.1 Å². The van der Waals surface area contributed by atoms with Crippen LogP contribution in [-0.4, -0.2) is 36.0 Å². The van der Waals surface area contributed by atoms with Gasteiger partial charge in [-0.2, -0.15) is 0 Å². The maximum Gasteiger partial charge on any atom is 0.339 e. The smallest absolute Gasteiger partial charge is 0.339 e. The Bertz CT molecular complexity index is 1090. The maximum atomic E-state index is 12.6. The Morgan fingerprint density at radius 3 is 2.72 bits per heavy atom. The molecule has 0 aliphatic carbocycles. The summed E-state index contributed by atoms with van der Waals surface area (Å²) in [6.45, 7) is 4.86. The predicted octanol–water partition coefficient (Wildman–Crippen LogP) is 2.97. The van der Waals surface area contributed by atoms with E-state index in [0.29, 0.717) is 28.1 Å². The van der Waals surface area contributed by atoms with Crippen LogP contribution in [0.1, 0.15) is 16.1 Å². The Kier molecular flexibility index (Phi) is 6.03. The average molecular weight is 393 g/mol. The second kappa shape index (κ2) is 8.83. The van der Waals surface area contributed by atoms with E-state index in [1.165, 1.54) is 6.08 Å². The first-order valence-electron chi connectivity index (χ1n) is 8.80. The Hall–Kier alpha value is -3.94. The van der Waals surface area contributed by atoms with Crippen molar-refractivity contribution in [3.8, 4) is 11.5 Å². The number of carbonyl (C=O) groups excluding carboxylic acids is 3. The Morgan fingerprint density at radius 2 is 2.00 bits per heavy atom. The van der Waals surface area contributed by atoms with Crippen molar-refractivity contribution in [2.45, 2.75) is 6.92 Å². The van der Waals surface area contributed by atoms with Gasteiger partial charge in [0, 0.05) is 11.9 Å². The van der Waals surface area contributed by atoms with Gasteiger partial charge in [-0.05, 0) is 31.2 Å². The summed E-state index contributed by atoms with van der Waals surface area (Å²) in [7, 11) is 0. The lowest BCUT2D eigenvalue weighted by Crippen LogP contribution is -2.41. The van der Waals surface area contributed by atoms with Crippen molar-refractivity contribution in [3.05, 3.63) is 66.4 Å². The van der Waals surface area contributed by atoms with Gasteiger partial charge in [0.25, 0.3) is 5.91 Å². The molecule has 0 atom stereocenters. The van der Waals surface area contributed by atoms with Gasteiger partial charge in [0.15, 0.2) is 12.4 Å². The first-order valence-corrected chi connectivity index (χ1v) is 8.80. The molecule has 8 nitrogen and oxygen atoms in total. The lowest BCUT2D eigenvalue weighted by Gasteiger charge is -2.09. The summed E-state index contributed by atoms with van der Waals surface area (Å²) in [6.07, 6.45) is 1.47. The minimum Gasteiger partial charge on any atom is -0.460 e. The van der Waals surface area contributed by atoms with Crippen molar-refractivity contribution in [2.75, 3.05) is 13.2 Å². The van der Waals surface area contributed by atoms with E-state index in [1.54, 1.807) is 42.5 Å². The van der Waals surface area contributed by atoms with Crippen LogP contribution in [0.5, 0.6) is 0 Å². The van der Waals surface area contributed by atoms with Crippen LogP contribution < -0.4 is 10.6 Å². The molecule has 0 aliphatic heterocycles. The minimum absolute atomic E-state index is 0.205. The molecule has 0 saturated heterocycles. The van der Waals surface area contributed by atoms with Crippen LogP contribution in [0.25, 0.3) is 22.4 Å². The fourth-order valence-electron chi connectivity index (χ4n) is 2.62. The molecule has 0 unspecified atom stereocenters. The van der Waals surface area contributed by atoms with Crippen LogP contribution in [0.4, 0.5) is 4.79 Å². The fraction of sp³-hybridized carbons (Fsp3) is 0.143. The summed E-state index contributed by atoms with van der Waals surface area (Å²) in [4.78, 5) is 40.4. The molecule has 3 amide bonds. The van der Waals surface area contributed by atoms with E-state index < -0.39 is 24.5 Å². The normalized spacial score (nSPS) is 10.4. The number of para-hydroxylation sites is 1. The van der Waals surface area contributed by atoms with Crippen LogP contribution >= 0.6 is 0 Å². The van der Waals surface area contributed by atoms with Crippen LogP contribution in [0.15, 0.2) is 59.5 Å². The molecule has 3 rings (SSSR count). The number of nitrogens with zero attached hydrogens (tertiary/aromatic N) is 1. The molecule has 2 heterocycles. The van der Waals surface area contributed by atoms with Crippen molar-refractivity contribution in [3.63, 3.8) is 0 Å². The van der Waals surface area contributed by atoms with Crippen LogP contribution in [0.3, 0.4) is 0 Å². The number of aryl methyl sites for hydroxylation is 1. The lowest BCUT2D eigenvalue weighted by atomic mass is 10.1. The predicted molar refractivity (Wildman–Crippen MR) is 106 cm³/mol. The Balaban J connectivity index is 1.79. The number of amides is 3. The standard InChI is InChI=1S/C21H19N3O5/c1-3-10-22-21(27)24-19(25)12-28-20(26)15-11-17(18-9-8-13(2)29-18)23-16-7-5-4-6-14(15)16/h3-9,11H,1,10,12H2,2H3,(H2,22,24,25,27). The molecule has 2 N–H and O–H groups in total. The number of furan rings is 1. The van der Waals surface area contributed by atoms with Crippen molar-refractivity contribution >= 4 is 28.8 Å². The molecule has 0 fully saturated rings. The quantitative estimate of drug-likeness (QED) is 0.492. The molecule has 0 radical (unpaired) electrons. The number of benzene rings is 1. The molecule has 0 bridgehead atoms. The first kappa shape index (κ1) is 19.8. The van der Waals surface area contributed by atoms with Gasteiger partial charge < -0.3 is 14.5 Å². The molecule has 3 aromatic rings. The molecule has 0 aliphatic rings. The summed E-state index contributed by atoms with van der Waals surface area (Å²) in [5.74, 6) is -0.237. The first-order chi connectivity index (χ1) is 14.0. The largest absolute Gasteiger partial charge is 0.460 e. The number of pyridine rings is 1. The van der Waals surface area contributed by atoms with Gasteiger partial charge in [-0.3, -0.25) is 10.1 Å². The number of urea groups is 1. The number of fused-ring (bicyclic) bond motifs is 1. The van der Waals surface area contributed by atoms with E-state index in [2.05, 4.69) is 22.2 Å². The topological polar surface area (TPSA) is 111 Å². The average Bonchev–Trinajstić information content (AvgIpc) is 3.16. The van der Waals surface area contributed by atoms with Gasteiger partial charge in [0.05, 0.1) is 11.1 Å². The second-order valence-electron chi connectivity index (χ2n) is 6.11. The van der Waals surface area contributed by atoms with Crippen LogP contribution in [0, 0.1) is 6.92 Å². The van der Waals surface area contributed by atoms with E-state index in [0.717, 1.165) is 0 Å². The van der Waals surface area contributed by atoms with Crippen LogP contribution in [0.2, 0.25) is 0 Å². The van der Waals surface area contributed by atoms with Gasteiger partial charge in [-0.15, -0.1) is 6.58 Å². The van der Waals surface area contributed by atoms with Gasteiger partial charge in [0.1, 0.15) is 11.5 Å². The third-order valence-corrected chi connectivity index (χ3v) is 3.92. The zero-order valence-corrected chi connectivity index (χ0v) is 15.7. The Labute approximate surface area is 166 Å². The van der Waals surface area contributed by atoms with E-state index in [9.17, 15) is 14.4 Å². The summed E-state index contributed by atoms with van der Waals surface area (Å²) < 4.78 is 10.7. The molecule has 0 saturated carbocycles. The zero-order valence-electron chi connectivity index (χ0n) is 15.7. The number of nitrogens with one attached hydrogen (secondary N) is 2. The van der Waals surface area contributed by atoms with Gasteiger partial charge in [-0.25, -0.2) is 14.6 Å². The maximum absolute atomic E-state index is 12.6. The summed E-state index contributed by atoms with van der Waals surface area (Å²) in [5.41, 5.74) is 1.29. The molecule has 1 aromatic carbocycles. The molecule has 148 valence electrons. The number of ether oxygens (including phenoxy) is 1. The third kappa shape index (κ3) is 4.86. The second-order valence-corrected chi connectivity index (χ2v) is 6.11. The third-order valence-electron chi connectivity index (χ3n) is 3.92. The number of carbonyl (C=O) groups is 3. The number of imide groups is 1. The summed E-state index contributed by atoms with van der Waals surface area (Å²) in [5, 5.41) is 5.02. The highest BCUT2D eigenvalue weighted by Crippen LogP contribution is 2.26. The highest BCUT2D eigenvalue weighted by Gasteiger charge is 2.18. The number of hydrogen-bond acceptors (Lipinski definition) is 6. The highest BCUT2D eigenvalue weighted by atomic mass is 16.5. The van der Waals surface area contributed by atoms with Crippen molar-refractivity contribution in [1.29, 1.82) is 0 Å². The fourth-order valence-corrected chi connectivity index (χ4v) is 2.62. The zero-order chi connectivity index (χ0) is 20.8. The molecule has 0 spiro atoms. The molecular formula is C21H19N3O5. The Morgan fingerprint density at radius 1 is 1.21 bits per heavy atom. The minimum atomic E-state index is -0.750. The SMILES string of the molecule is C=CCNC(=O)NC(=O)COC(=O)c1cc(-c2ccc(C)o2)nc2ccccc12. The monoisotopic (exact) mass is 393 g/mol. The number of esters is 1. The van der Waals surface area contributed by atoms with Gasteiger partial charge in [-0.1, -0.05) is 24.3 Å². The molecular weight excluding hydrogens is 374 g/mol. The van der Waals surface area contributed by atoms with Gasteiger partial charge in [0.2, 0.25) is 0 Å². The summed E-state index contributed by atoms with van der Waals surface area (Å²) in [6, 6.07) is 11.5. The number of aromatic nitrogens is 1. The highest BCUT2D eigenvalue weighted by molar-refractivity contribution is 6.05. The molecule has 2 aromatic heterocycles. The van der Waals surface area contributed by atoms with E-state index >= 15 is 0 Å². The molecule has 8 heteroatoms. The van der Waals surface area contributed by atoms with E-state index in [1.807, 2.05) is 6.92 Å². The number of hydrogen-bond donors (Lipinski definition) is 2. The lowest BCUT2D eigenvalue weighted by molar-refractivity contribution is -0.123. The number of rotatable bonds is 6. The van der Waals surface area contributed by atoms with Crippen molar-refractivity contribution in [2.24, 2.45) is 0 Å². The van der Waals surface area contributed by atoms with Crippen molar-refractivity contribution in [1.82, 2.24) is 15.6 Å². The molecule has 29 heavy (non-hydrogen) atoms. The van der Waals surface area contributed by atoms with Gasteiger partial charge >= 0.3 is 12.0 Å². The van der Waals surface area contributed by atoms with Crippen LogP contribution in [-0.2, 0) is 9.53 Å². The van der Waals surface area contributed by atoms with E-state index in [4.69, 9.17) is 9.15 Å². The van der Waals surface area contributed by atoms with Crippen molar-refractivity contribution < 1.29 is 23.5 Å².